The Labute approximate surface area is 188 Å². The fourth-order valence-corrected chi connectivity index (χ4v) is 5.20. The van der Waals surface area contributed by atoms with E-state index in [1.54, 1.807) is 17.0 Å². The second-order valence-electron chi connectivity index (χ2n) is 7.03. The van der Waals surface area contributed by atoms with Crippen LogP contribution in [0.1, 0.15) is 32.6 Å². The van der Waals surface area contributed by atoms with Gasteiger partial charge in [0.25, 0.3) is 0 Å². The summed E-state index contributed by atoms with van der Waals surface area (Å²) in [7, 11) is 1.53. The normalized spacial score (nSPS) is 16.9. The first-order valence-corrected chi connectivity index (χ1v) is 11.6. The molecule has 0 saturated carbocycles. The molecule has 0 spiro atoms. The van der Waals surface area contributed by atoms with Crippen molar-refractivity contribution in [3.8, 4) is 5.75 Å². The van der Waals surface area contributed by atoms with Gasteiger partial charge in [-0.25, -0.2) is 0 Å². The second kappa shape index (κ2) is 10.6. The molecule has 2 amide bonds. The topological polar surface area (TPSA) is 122 Å². The minimum absolute atomic E-state index is 0.0857. The summed E-state index contributed by atoms with van der Waals surface area (Å²) in [4.78, 5) is 38.1. The number of nitrogens with one attached hydrogen (secondary N) is 1. The summed E-state index contributed by atoms with van der Waals surface area (Å²) in [6.07, 6.45) is 2.35. The summed E-state index contributed by atoms with van der Waals surface area (Å²) in [5, 5.41) is 19.7. The van der Waals surface area contributed by atoms with Gasteiger partial charge in [-0.2, -0.15) is 0 Å². The number of carbonyl (C=O) groups is 3. The Balaban J connectivity index is 1.61. The first-order valence-electron chi connectivity index (χ1n) is 9.90. The Morgan fingerprint density at radius 3 is 2.87 bits per heavy atom. The number of benzene rings is 1. The van der Waals surface area contributed by atoms with Gasteiger partial charge in [-0.1, -0.05) is 55.0 Å². The summed E-state index contributed by atoms with van der Waals surface area (Å²) >= 11 is 2.27. The van der Waals surface area contributed by atoms with Crippen molar-refractivity contribution in [3.05, 3.63) is 24.3 Å². The smallest absolute Gasteiger partial charge is 0.317 e. The van der Waals surface area contributed by atoms with E-state index in [9.17, 15) is 19.5 Å². The predicted molar refractivity (Wildman–Crippen MR) is 119 cm³/mol. The molecule has 1 aliphatic heterocycles. The van der Waals surface area contributed by atoms with Gasteiger partial charge in [-0.3, -0.25) is 14.4 Å². The average molecular weight is 465 g/mol. The van der Waals surface area contributed by atoms with E-state index in [4.69, 9.17) is 4.74 Å². The van der Waals surface area contributed by atoms with Crippen molar-refractivity contribution in [2.75, 3.05) is 23.9 Å². The molecule has 1 fully saturated rings. The lowest BCUT2D eigenvalue weighted by atomic mass is 10.1. The molecule has 2 heterocycles. The SMILES string of the molecule is CCCC[C@@H](Sc1nnc(NC(=O)[C@@H]2CC(=O)N(c3ccccc3OC)C2)s1)C(=O)O. The van der Waals surface area contributed by atoms with Crippen LogP contribution in [0.25, 0.3) is 0 Å². The molecule has 11 heteroatoms. The molecular weight excluding hydrogens is 440 g/mol. The van der Waals surface area contributed by atoms with Crippen molar-refractivity contribution in [2.45, 2.75) is 42.2 Å². The Kier molecular flexibility index (Phi) is 7.85. The molecule has 0 aliphatic carbocycles. The number of carboxylic acids is 1. The van der Waals surface area contributed by atoms with Crippen LogP contribution in [-0.2, 0) is 14.4 Å². The van der Waals surface area contributed by atoms with E-state index >= 15 is 0 Å². The molecule has 2 atom stereocenters. The standard InChI is InChI=1S/C20H24N4O5S2/c1-3-4-9-15(18(27)28)30-20-23-22-19(31-20)21-17(26)12-10-16(25)24(11-12)13-7-5-6-8-14(13)29-2/h5-8,12,15H,3-4,9-11H2,1-2H3,(H,27,28)(H,21,22,26)/t12-,15-/m1/s1. The van der Waals surface area contributed by atoms with E-state index in [1.807, 2.05) is 19.1 Å². The third-order valence-corrected chi connectivity index (χ3v) is 7.02. The van der Waals surface area contributed by atoms with Crippen LogP contribution < -0.4 is 15.0 Å². The second-order valence-corrected chi connectivity index (χ2v) is 9.45. The summed E-state index contributed by atoms with van der Waals surface area (Å²) < 4.78 is 5.80. The third-order valence-electron chi connectivity index (χ3n) is 4.85. The van der Waals surface area contributed by atoms with Crippen LogP contribution in [0.4, 0.5) is 10.8 Å². The molecule has 1 saturated heterocycles. The largest absolute Gasteiger partial charge is 0.495 e. The molecule has 0 radical (unpaired) electrons. The number of hydrogen-bond acceptors (Lipinski definition) is 8. The molecule has 0 unspecified atom stereocenters. The van der Waals surface area contributed by atoms with Crippen LogP contribution >= 0.6 is 23.1 Å². The van der Waals surface area contributed by atoms with Gasteiger partial charge >= 0.3 is 5.97 Å². The van der Waals surface area contributed by atoms with Gasteiger partial charge in [0.1, 0.15) is 11.0 Å². The van der Waals surface area contributed by atoms with Gasteiger partial charge in [0.05, 0.1) is 18.7 Å². The van der Waals surface area contributed by atoms with Crippen molar-refractivity contribution < 1.29 is 24.2 Å². The van der Waals surface area contributed by atoms with Gasteiger partial charge < -0.3 is 20.1 Å². The van der Waals surface area contributed by atoms with Crippen LogP contribution in [0.5, 0.6) is 5.75 Å². The Bertz CT molecular complexity index is 951. The molecule has 166 valence electrons. The minimum Gasteiger partial charge on any atom is -0.495 e. The van der Waals surface area contributed by atoms with Crippen molar-refractivity contribution in [2.24, 2.45) is 5.92 Å². The van der Waals surface area contributed by atoms with Crippen molar-refractivity contribution >= 4 is 51.7 Å². The number of anilines is 2. The highest BCUT2D eigenvalue weighted by molar-refractivity contribution is 8.02. The molecule has 31 heavy (non-hydrogen) atoms. The Morgan fingerprint density at radius 1 is 1.39 bits per heavy atom. The number of carboxylic acid groups (broad SMARTS) is 1. The molecule has 2 N–H and O–H groups in total. The van der Waals surface area contributed by atoms with E-state index in [0.717, 1.165) is 35.9 Å². The highest BCUT2D eigenvalue weighted by Gasteiger charge is 2.36. The van der Waals surface area contributed by atoms with Gasteiger partial charge in [0.2, 0.25) is 16.9 Å². The fourth-order valence-electron chi connectivity index (χ4n) is 3.23. The number of para-hydroxylation sites is 2. The van der Waals surface area contributed by atoms with Crippen molar-refractivity contribution in [1.29, 1.82) is 0 Å². The Morgan fingerprint density at radius 2 is 2.16 bits per heavy atom. The zero-order valence-corrected chi connectivity index (χ0v) is 18.9. The zero-order valence-electron chi connectivity index (χ0n) is 17.2. The highest BCUT2D eigenvalue weighted by Crippen LogP contribution is 2.34. The summed E-state index contributed by atoms with van der Waals surface area (Å²) in [5.74, 6) is -1.33. The average Bonchev–Trinajstić information content (AvgIpc) is 3.37. The number of ether oxygens (including phenoxy) is 1. The molecule has 3 rings (SSSR count). The van der Waals surface area contributed by atoms with Gasteiger partial charge in [0.15, 0.2) is 4.34 Å². The van der Waals surface area contributed by atoms with Crippen LogP contribution in [-0.4, -0.2) is 52.0 Å². The van der Waals surface area contributed by atoms with Crippen LogP contribution in [0.15, 0.2) is 28.6 Å². The lowest BCUT2D eigenvalue weighted by molar-refractivity contribution is -0.136. The number of aromatic nitrogens is 2. The minimum atomic E-state index is -0.889. The zero-order chi connectivity index (χ0) is 22.4. The number of nitrogens with zero attached hydrogens (tertiary/aromatic N) is 3. The van der Waals surface area contributed by atoms with E-state index < -0.39 is 17.1 Å². The molecule has 2 aromatic rings. The van der Waals surface area contributed by atoms with E-state index in [0.29, 0.717) is 22.2 Å². The fraction of sp³-hybridized carbons (Fsp3) is 0.450. The Hall–Kier alpha value is -2.66. The third kappa shape index (κ3) is 5.73. The monoisotopic (exact) mass is 464 g/mol. The van der Waals surface area contributed by atoms with Gasteiger partial charge in [-0.15, -0.1) is 10.2 Å². The number of amides is 2. The lowest BCUT2D eigenvalue weighted by Gasteiger charge is -2.19. The number of thioether (sulfide) groups is 1. The maximum Gasteiger partial charge on any atom is 0.317 e. The number of rotatable bonds is 10. The predicted octanol–water partition coefficient (Wildman–Crippen LogP) is 3.27. The quantitative estimate of drug-likeness (QED) is 0.406. The summed E-state index contributed by atoms with van der Waals surface area (Å²) in [6, 6.07) is 7.17. The van der Waals surface area contributed by atoms with Crippen LogP contribution in [0.2, 0.25) is 0 Å². The molecule has 1 aromatic carbocycles. The van der Waals surface area contributed by atoms with Gasteiger partial charge in [-0.05, 0) is 18.6 Å². The lowest BCUT2D eigenvalue weighted by Crippen LogP contribution is -2.28. The highest BCUT2D eigenvalue weighted by atomic mass is 32.2. The number of unbranched alkanes of at least 4 members (excludes halogenated alkanes) is 1. The van der Waals surface area contributed by atoms with E-state index in [2.05, 4.69) is 15.5 Å². The molecule has 9 nitrogen and oxygen atoms in total. The molecular formula is C20H24N4O5S2. The van der Waals surface area contributed by atoms with E-state index in [-0.39, 0.29) is 29.9 Å². The van der Waals surface area contributed by atoms with Crippen LogP contribution in [0, 0.1) is 5.92 Å². The maximum atomic E-state index is 12.7. The first-order chi connectivity index (χ1) is 14.9. The van der Waals surface area contributed by atoms with E-state index in [1.165, 1.54) is 7.11 Å². The number of aliphatic carboxylic acids is 1. The molecule has 1 aromatic heterocycles. The maximum absolute atomic E-state index is 12.7. The number of methoxy groups -OCH3 is 1. The first kappa shape index (κ1) is 23.0. The summed E-state index contributed by atoms with van der Waals surface area (Å²) in [5.41, 5.74) is 0.631. The molecule has 1 aliphatic rings. The summed E-state index contributed by atoms with van der Waals surface area (Å²) in [6.45, 7) is 2.24. The van der Waals surface area contributed by atoms with Crippen molar-refractivity contribution in [3.63, 3.8) is 0 Å². The molecule has 0 bridgehead atoms. The number of hydrogen-bond donors (Lipinski definition) is 2. The number of carbonyl (C=O) groups excluding carboxylic acids is 2. The van der Waals surface area contributed by atoms with Crippen LogP contribution in [0.3, 0.4) is 0 Å². The van der Waals surface area contributed by atoms with Crippen molar-refractivity contribution in [1.82, 2.24) is 10.2 Å². The van der Waals surface area contributed by atoms with Gasteiger partial charge in [0, 0.05) is 13.0 Å².